The second-order valence-electron chi connectivity index (χ2n) is 6.10. The quantitative estimate of drug-likeness (QED) is 0.421. The fraction of sp³-hybridized carbons (Fsp3) is 0.158. The second kappa shape index (κ2) is 8.40. The van der Waals surface area contributed by atoms with E-state index in [9.17, 15) is 19.6 Å². The first-order valence-electron chi connectivity index (χ1n) is 8.49. The molecule has 28 heavy (non-hydrogen) atoms. The van der Waals surface area contributed by atoms with Crippen molar-refractivity contribution in [1.82, 2.24) is 9.97 Å². The van der Waals surface area contributed by atoms with Gasteiger partial charge in [-0.2, -0.15) is 9.37 Å². The molecule has 0 bridgehead atoms. The predicted octanol–water partition coefficient (Wildman–Crippen LogP) is 3.73. The van der Waals surface area contributed by atoms with Crippen LogP contribution in [0.3, 0.4) is 0 Å². The van der Waals surface area contributed by atoms with E-state index in [0.29, 0.717) is 17.2 Å². The van der Waals surface area contributed by atoms with Gasteiger partial charge in [0.25, 0.3) is 0 Å². The van der Waals surface area contributed by atoms with Crippen LogP contribution in [0, 0.1) is 15.9 Å². The summed E-state index contributed by atoms with van der Waals surface area (Å²) in [4.78, 5) is 18.9. The number of aliphatic hydroxyl groups is 1. The number of nitro groups is 1. The molecule has 0 amide bonds. The summed E-state index contributed by atoms with van der Waals surface area (Å²) in [5, 5.41) is 26.1. The molecule has 9 heteroatoms. The number of hydrogen-bond acceptors (Lipinski definition) is 7. The summed E-state index contributed by atoms with van der Waals surface area (Å²) in [7, 11) is 0. The molecule has 0 aliphatic heterocycles. The second-order valence-corrected chi connectivity index (χ2v) is 6.10. The van der Waals surface area contributed by atoms with Gasteiger partial charge < -0.3 is 15.7 Å². The highest BCUT2D eigenvalue weighted by Crippen LogP contribution is 2.26. The van der Waals surface area contributed by atoms with Gasteiger partial charge in [-0.05, 0) is 19.1 Å². The third kappa shape index (κ3) is 4.57. The monoisotopic (exact) mass is 383 g/mol. The van der Waals surface area contributed by atoms with Gasteiger partial charge in [-0.15, -0.1) is 0 Å². The molecular weight excluding hydrogens is 365 g/mol. The maximum absolute atomic E-state index is 13.6. The summed E-state index contributed by atoms with van der Waals surface area (Å²) in [6.07, 6.45) is 0. The number of nitrogens with zero attached hydrogens (tertiary/aromatic N) is 3. The van der Waals surface area contributed by atoms with Crippen molar-refractivity contribution < 1.29 is 14.4 Å². The summed E-state index contributed by atoms with van der Waals surface area (Å²) in [6.45, 7) is 1.67. The van der Waals surface area contributed by atoms with Crippen molar-refractivity contribution in [3.63, 3.8) is 0 Å². The molecule has 3 N–H and O–H groups in total. The molecule has 1 aromatic heterocycles. The van der Waals surface area contributed by atoms with Crippen molar-refractivity contribution in [3.8, 4) is 11.3 Å². The smallest absolute Gasteiger partial charge is 0.306 e. The number of nitrogens with one attached hydrogen (secondary N) is 2. The normalized spacial score (nSPS) is 11.7. The van der Waals surface area contributed by atoms with E-state index in [1.165, 1.54) is 6.07 Å². The van der Waals surface area contributed by atoms with Gasteiger partial charge in [-0.3, -0.25) is 10.1 Å². The van der Waals surface area contributed by atoms with Crippen LogP contribution in [0.4, 0.5) is 27.5 Å². The first kappa shape index (κ1) is 19.2. The SMILES string of the molecule is C[C@H](CO)Nc1nc(Nc2ccc(F)c([N+](=O)[O-])c2)cc(-c2ccccc2)n1. The van der Waals surface area contributed by atoms with Crippen LogP contribution in [-0.4, -0.2) is 32.6 Å². The lowest BCUT2D eigenvalue weighted by Crippen LogP contribution is -2.21. The molecule has 8 nitrogen and oxygen atoms in total. The van der Waals surface area contributed by atoms with Gasteiger partial charge in [0.2, 0.25) is 11.8 Å². The minimum atomic E-state index is -0.915. The van der Waals surface area contributed by atoms with Gasteiger partial charge >= 0.3 is 5.69 Å². The Labute approximate surface area is 160 Å². The van der Waals surface area contributed by atoms with Crippen LogP contribution < -0.4 is 10.6 Å². The Balaban J connectivity index is 1.98. The topological polar surface area (TPSA) is 113 Å². The number of halogens is 1. The van der Waals surface area contributed by atoms with Gasteiger partial charge in [-0.1, -0.05) is 30.3 Å². The van der Waals surface area contributed by atoms with E-state index in [1.54, 1.807) is 13.0 Å². The average Bonchev–Trinajstić information content (AvgIpc) is 2.69. The van der Waals surface area contributed by atoms with Crippen molar-refractivity contribution in [2.45, 2.75) is 13.0 Å². The van der Waals surface area contributed by atoms with E-state index in [2.05, 4.69) is 20.6 Å². The van der Waals surface area contributed by atoms with E-state index in [-0.39, 0.29) is 18.6 Å². The molecule has 144 valence electrons. The van der Waals surface area contributed by atoms with E-state index < -0.39 is 16.4 Å². The van der Waals surface area contributed by atoms with Crippen LogP contribution in [-0.2, 0) is 0 Å². The Morgan fingerprint density at radius 2 is 1.93 bits per heavy atom. The largest absolute Gasteiger partial charge is 0.394 e. The van der Waals surface area contributed by atoms with Gasteiger partial charge in [0.1, 0.15) is 5.82 Å². The fourth-order valence-electron chi connectivity index (χ4n) is 2.48. The predicted molar refractivity (Wildman–Crippen MR) is 104 cm³/mol. The number of nitro benzene ring substituents is 1. The maximum Gasteiger partial charge on any atom is 0.306 e. The molecule has 3 aromatic rings. The van der Waals surface area contributed by atoms with Crippen LogP contribution in [0.2, 0.25) is 0 Å². The molecule has 3 rings (SSSR count). The molecule has 0 saturated heterocycles. The molecule has 2 aromatic carbocycles. The summed E-state index contributed by atoms with van der Waals surface area (Å²) < 4.78 is 13.6. The van der Waals surface area contributed by atoms with E-state index >= 15 is 0 Å². The number of aliphatic hydroxyl groups excluding tert-OH is 1. The zero-order chi connectivity index (χ0) is 20.1. The number of rotatable bonds is 7. The van der Waals surface area contributed by atoms with Crippen LogP contribution >= 0.6 is 0 Å². The standard InChI is InChI=1S/C19H18FN5O3/c1-12(11-26)21-19-23-16(13-5-3-2-4-6-13)10-18(24-19)22-14-7-8-15(20)17(9-14)25(27)28/h2-10,12,26H,11H2,1H3,(H2,21,22,23,24)/t12-/m1/s1. The summed E-state index contributed by atoms with van der Waals surface area (Å²) >= 11 is 0. The third-order valence-corrected chi connectivity index (χ3v) is 3.86. The molecule has 0 aliphatic carbocycles. The first-order valence-corrected chi connectivity index (χ1v) is 8.49. The molecule has 0 saturated carbocycles. The summed E-state index contributed by atoms with van der Waals surface area (Å²) in [5.74, 6) is -0.272. The molecule has 0 aliphatic rings. The van der Waals surface area contributed by atoms with Gasteiger partial charge in [0, 0.05) is 29.4 Å². The zero-order valence-corrected chi connectivity index (χ0v) is 15.0. The average molecular weight is 383 g/mol. The van der Waals surface area contributed by atoms with Gasteiger partial charge in [0.15, 0.2) is 0 Å². The number of benzene rings is 2. The van der Waals surface area contributed by atoms with E-state index in [0.717, 1.165) is 17.7 Å². The molecule has 1 atom stereocenters. The minimum absolute atomic E-state index is 0.105. The number of aromatic nitrogens is 2. The lowest BCUT2D eigenvalue weighted by molar-refractivity contribution is -0.387. The number of hydrogen-bond donors (Lipinski definition) is 3. The van der Waals surface area contributed by atoms with Crippen LogP contribution in [0.1, 0.15) is 6.92 Å². The van der Waals surface area contributed by atoms with E-state index in [4.69, 9.17) is 0 Å². The lowest BCUT2D eigenvalue weighted by Gasteiger charge is -2.14. The summed E-state index contributed by atoms with van der Waals surface area (Å²) in [5.41, 5.74) is 1.14. The van der Waals surface area contributed by atoms with Crippen molar-refractivity contribution in [1.29, 1.82) is 0 Å². The van der Waals surface area contributed by atoms with Crippen LogP contribution in [0.25, 0.3) is 11.3 Å². The highest BCUT2D eigenvalue weighted by molar-refractivity contribution is 5.68. The first-order chi connectivity index (χ1) is 13.5. The fourth-order valence-corrected chi connectivity index (χ4v) is 2.48. The lowest BCUT2D eigenvalue weighted by atomic mass is 10.1. The van der Waals surface area contributed by atoms with Crippen molar-refractivity contribution in [2.75, 3.05) is 17.2 Å². The molecule has 1 heterocycles. The molecule has 0 spiro atoms. The highest BCUT2D eigenvalue weighted by atomic mass is 19.1. The van der Waals surface area contributed by atoms with Crippen LogP contribution in [0.5, 0.6) is 0 Å². The van der Waals surface area contributed by atoms with Gasteiger partial charge in [-0.25, -0.2) is 4.98 Å². The minimum Gasteiger partial charge on any atom is -0.394 e. The van der Waals surface area contributed by atoms with Crippen LogP contribution in [0.15, 0.2) is 54.6 Å². The number of anilines is 3. The highest BCUT2D eigenvalue weighted by Gasteiger charge is 2.15. The maximum atomic E-state index is 13.6. The summed E-state index contributed by atoms with van der Waals surface area (Å²) in [6, 6.07) is 14.3. The van der Waals surface area contributed by atoms with Gasteiger partial charge in [0.05, 0.1) is 17.2 Å². The molecular formula is C19H18FN5O3. The Morgan fingerprint density at radius 3 is 2.61 bits per heavy atom. The zero-order valence-electron chi connectivity index (χ0n) is 15.0. The Bertz CT molecular complexity index is 985. The van der Waals surface area contributed by atoms with Crippen molar-refractivity contribution >= 4 is 23.1 Å². The Kier molecular flexibility index (Phi) is 5.75. The third-order valence-electron chi connectivity index (χ3n) is 3.86. The molecule has 0 fully saturated rings. The van der Waals surface area contributed by atoms with Crippen molar-refractivity contribution in [2.24, 2.45) is 0 Å². The molecule has 0 unspecified atom stereocenters. The Hall–Kier alpha value is -3.59. The van der Waals surface area contributed by atoms with Crippen molar-refractivity contribution in [3.05, 3.63) is 70.5 Å². The van der Waals surface area contributed by atoms with E-state index in [1.807, 2.05) is 30.3 Å². The Morgan fingerprint density at radius 1 is 1.18 bits per heavy atom. The molecule has 0 radical (unpaired) electrons.